The first-order valence-corrected chi connectivity index (χ1v) is 14.0. The maximum absolute atomic E-state index is 13.6. The molecule has 0 saturated carbocycles. The lowest BCUT2D eigenvalue weighted by Crippen LogP contribution is -2.44. The molecule has 7 rings (SSSR count). The number of hydrogen-bond acceptors (Lipinski definition) is 6. The SMILES string of the molecule is CN1CCN(c2ccc(Nc3ncc4ccc(=O)n(C5c6ccccc6CCc6ccccc65)c4n3)cc2)CC1. The fourth-order valence-corrected chi connectivity index (χ4v) is 6.07. The molecular formula is C33H32N6O. The van der Waals surface area contributed by atoms with Crippen LogP contribution in [0.3, 0.4) is 0 Å². The summed E-state index contributed by atoms with van der Waals surface area (Å²) in [6.45, 7) is 4.20. The quantitative estimate of drug-likeness (QED) is 0.353. The van der Waals surface area contributed by atoms with E-state index >= 15 is 0 Å². The highest BCUT2D eigenvalue weighted by Crippen LogP contribution is 2.36. The van der Waals surface area contributed by atoms with Crippen LogP contribution in [0.15, 0.2) is 95.9 Å². The summed E-state index contributed by atoms with van der Waals surface area (Å²) in [5.74, 6) is 0.467. The van der Waals surface area contributed by atoms with Crippen LogP contribution >= 0.6 is 0 Å². The van der Waals surface area contributed by atoms with Crippen molar-refractivity contribution in [2.45, 2.75) is 18.9 Å². The average molecular weight is 529 g/mol. The summed E-state index contributed by atoms with van der Waals surface area (Å²) in [7, 11) is 2.17. The van der Waals surface area contributed by atoms with Crippen molar-refractivity contribution in [3.05, 3.63) is 124 Å². The number of fused-ring (bicyclic) bond motifs is 3. The van der Waals surface area contributed by atoms with E-state index in [2.05, 4.69) is 99.9 Å². The van der Waals surface area contributed by atoms with Crippen molar-refractivity contribution in [1.82, 2.24) is 19.4 Å². The fourth-order valence-electron chi connectivity index (χ4n) is 6.07. The Labute approximate surface area is 233 Å². The molecule has 3 heterocycles. The molecule has 0 amide bonds. The Morgan fingerprint density at radius 1 is 0.775 bits per heavy atom. The number of rotatable bonds is 4. The molecule has 1 aliphatic heterocycles. The zero-order chi connectivity index (χ0) is 27.1. The third-order valence-corrected chi connectivity index (χ3v) is 8.28. The number of nitrogens with zero attached hydrogens (tertiary/aromatic N) is 5. The smallest absolute Gasteiger partial charge is 0.253 e. The Balaban J connectivity index is 1.28. The van der Waals surface area contributed by atoms with Crippen molar-refractivity contribution in [1.29, 1.82) is 0 Å². The van der Waals surface area contributed by atoms with Gasteiger partial charge in [-0.1, -0.05) is 48.5 Å². The van der Waals surface area contributed by atoms with Gasteiger partial charge in [0.2, 0.25) is 5.95 Å². The van der Waals surface area contributed by atoms with Gasteiger partial charge >= 0.3 is 0 Å². The molecule has 0 spiro atoms. The van der Waals surface area contributed by atoms with Gasteiger partial charge in [0, 0.05) is 55.2 Å². The predicted octanol–water partition coefficient (Wildman–Crippen LogP) is 5.02. The number of anilines is 3. The Kier molecular flexibility index (Phi) is 6.28. The molecule has 1 N–H and O–H groups in total. The highest BCUT2D eigenvalue weighted by atomic mass is 16.1. The van der Waals surface area contributed by atoms with Gasteiger partial charge in [0.1, 0.15) is 5.65 Å². The van der Waals surface area contributed by atoms with Gasteiger partial charge in [-0.2, -0.15) is 4.98 Å². The molecule has 200 valence electrons. The van der Waals surface area contributed by atoms with Crippen LogP contribution < -0.4 is 15.8 Å². The van der Waals surface area contributed by atoms with Crippen LogP contribution in [0.1, 0.15) is 28.3 Å². The maximum Gasteiger partial charge on any atom is 0.253 e. The van der Waals surface area contributed by atoms with Crippen LogP contribution in [0.25, 0.3) is 11.0 Å². The van der Waals surface area contributed by atoms with E-state index in [1.54, 1.807) is 12.3 Å². The summed E-state index contributed by atoms with van der Waals surface area (Å²) < 4.78 is 1.85. The summed E-state index contributed by atoms with van der Waals surface area (Å²) in [6.07, 6.45) is 3.68. The molecule has 3 aromatic carbocycles. The molecule has 0 radical (unpaired) electrons. The van der Waals surface area contributed by atoms with Gasteiger partial charge in [-0.05, 0) is 72.5 Å². The van der Waals surface area contributed by atoms with E-state index in [0.717, 1.165) is 61.2 Å². The number of hydrogen-bond donors (Lipinski definition) is 1. The highest BCUT2D eigenvalue weighted by Gasteiger charge is 2.27. The van der Waals surface area contributed by atoms with Gasteiger partial charge in [-0.25, -0.2) is 4.98 Å². The van der Waals surface area contributed by atoms with Crippen molar-refractivity contribution in [2.75, 3.05) is 43.4 Å². The lowest BCUT2D eigenvalue weighted by Gasteiger charge is -2.34. The van der Waals surface area contributed by atoms with E-state index in [1.807, 2.05) is 10.6 Å². The van der Waals surface area contributed by atoms with E-state index < -0.39 is 0 Å². The van der Waals surface area contributed by atoms with Crippen molar-refractivity contribution in [2.24, 2.45) is 0 Å². The standard InChI is InChI=1S/C33H32N6O/c1-37-18-20-38(21-19-37)27-15-13-26(14-16-27)35-33-34-22-25-12-17-30(40)39(32(25)36-33)31-28-8-4-2-6-23(28)10-11-24-7-3-5-9-29(24)31/h2-9,12-17,22,31H,10-11,18-21H2,1H3,(H,34,35,36). The molecule has 7 heteroatoms. The summed E-state index contributed by atoms with van der Waals surface area (Å²) in [5, 5.41) is 4.20. The van der Waals surface area contributed by atoms with Gasteiger partial charge in [-0.3, -0.25) is 9.36 Å². The third-order valence-electron chi connectivity index (χ3n) is 8.28. The minimum absolute atomic E-state index is 0.0785. The summed E-state index contributed by atoms with van der Waals surface area (Å²) in [4.78, 5) is 27.9. The molecule has 0 unspecified atom stereocenters. The molecule has 40 heavy (non-hydrogen) atoms. The second-order valence-electron chi connectivity index (χ2n) is 10.8. The number of nitrogens with one attached hydrogen (secondary N) is 1. The molecule has 0 bridgehead atoms. The molecule has 7 nitrogen and oxygen atoms in total. The summed E-state index contributed by atoms with van der Waals surface area (Å²) in [5.41, 5.74) is 7.50. The lowest BCUT2D eigenvalue weighted by molar-refractivity contribution is 0.313. The van der Waals surface area contributed by atoms with Crippen LogP contribution in [-0.4, -0.2) is 52.7 Å². The van der Waals surface area contributed by atoms with E-state index in [0.29, 0.717) is 11.6 Å². The number of pyridine rings is 1. The van der Waals surface area contributed by atoms with Gasteiger partial charge in [0.25, 0.3) is 5.56 Å². The Morgan fingerprint density at radius 2 is 1.43 bits per heavy atom. The zero-order valence-electron chi connectivity index (χ0n) is 22.6. The molecule has 0 atom stereocenters. The van der Waals surface area contributed by atoms with Crippen molar-refractivity contribution in [3.63, 3.8) is 0 Å². The second kappa shape index (κ2) is 10.2. The van der Waals surface area contributed by atoms with Gasteiger partial charge < -0.3 is 15.1 Å². The molecular weight excluding hydrogens is 496 g/mol. The monoisotopic (exact) mass is 528 g/mol. The highest BCUT2D eigenvalue weighted by molar-refractivity contribution is 5.76. The number of piperazine rings is 1. The first-order chi connectivity index (χ1) is 19.6. The maximum atomic E-state index is 13.6. The topological polar surface area (TPSA) is 66.3 Å². The average Bonchev–Trinajstić information content (AvgIpc) is 3.15. The van der Waals surface area contributed by atoms with E-state index in [9.17, 15) is 4.79 Å². The lowest BCUT2D eigenvalue weighted by atomic mass is 9.94. The molecule has 5 aromatic rings. The van der Waals surface area contributed by atoms with Crippen LogP contribution in [0.4, 0.5) is 17.3 Å². The van der Waals surface area contributed by atoms with E-state index in [1.165, 1.54) is 16.8 Å². The Morgan fingerprint density at radius 3 is 2.10 bits per heavy atom. The van der Waals surface area contributed by atoms with Crippen LogP contribution in [0.2, 0.25) is 0 Å². The van der Waals surface area contributed by atoms with Crippen LogP contribution in [0.5, 0.6) is 0 Å². The van der Waals surface area contributed by atoms with Crippen molar-refractivity contribution >= 4 is 28.4 Å². The molecule has 1 saturated heterocycles. The number of aromatic nitrogens is 3. The summed E-state index contributed by atoms with van der Waals surface area (Å²) in [6, 6.07) is 28.5. The van der Waals surface area contributed by atoms with E-state index in [4.69, 9.17) is 4.98 Å². The largest absolute Gasteiger partial charge is 0.369 e. The third kappa shape index (κ3) is 4.52. The van der Waals surface area contributed by atoms with Gasteiger partial charge in [-0.15, -0.1) is 0 Å². The van der Waals surface area contributed by atoms with Crippen molar-refractivity contribution in [3.8, 4) is 0 Å². The number of benzene rings is 3. The zero-order valence-corrected chi connectivity index (χ0v) is 22.6. The molecule has 2 aliphatic rings. The molecule has 1 aliphatic carbocycles. The molecule has 2 aromatic heterocycles. The second-order valence-corrected chi connectivity index (χ2v) is 10.8. The van der Waals surface area contributed by atoms with Crippen molar-refractivity contribution < 1.29 is 0 Å². The first kappa shape index (κ1) is 24.5. The van der Waals surface area contributed by atoms with E-state index in [-0.39, 0.29) is 11.6 Å². The number of likely N-dealkylation sites (N-methyl/N-ethyl adjacent to an activating group) is 1. The number of aryl methyl sites for hydroxylation is 2. The Hall–Kier alpha value is -4.49. The van der Waals surface area contributed by atoms with Crippen LogP contribution in [-0.2, 0) is 12.8 Å². The minimum atomic E-state index is -0.267. The normalized spacial score (nSPS) is 15.9. The minimum Gasteiger partial charge on any atom is -0.369 e. The fraction of sp³-hybridized carbons (Fsp3) is 0.242. The summed E-state index contributed by atoms with van der Waals surface area (Å²) >= 11 is 0. The first-order valence-electron chi connectivity index (χ1n) is 14.0. The Bertz CT molecular complexity index is 1690. The van der Waals surface area contributed by atoms with Gasteiger partial charge in [0.05, 0.1) is 6.04 Å². The predicted molar refractivity (Wildman–Crippen MR) is 161 cm³/mol. The molecule has 1 fully saturated rings. The van der Waals surface area contributed by atoms with Gasteiger partial charge in [0.15, 0.2) is 0 Å². The van der Waals surface area contributed by atoms with Crippen LogP contribution in [0, 0.1) is 0 Å².